The van der Waals surface area contributed by atoms with Gasteiger partial charge in [0.1, 0.15) is 5.82 Å². The highest BCUT2D eigenvalue weighted by atomic mass is 19.4. The van der Waals surface area contributed by atoms with Crippen molar-refractivity contribution in [2.45, 2.75) is 44.8 Å². The van der Waals surface area contributed by atoms with Crippen LogP contribution in [0.25, 0.3) is 11.5 Å². The first kappa shape index (κ1) is 25.2. The summed E-state index contributed by atoms with van der Waals surface area (Å²) in [6.45, 7) is 3.33. The third-order valence-corrected chi connectivity index (χ3v) is 5.81. The second-order valence-electron chi connectivity index (χ2n) is 8.50. The molecular formula is C25H26F3N5O3. The summed E-state index contributed by atoms with van der Waals surface area (Å²) in [5, 5.41) is 5.70. The Hall–Kier alpha value is -3.89. The number of anilines is 2. The molecule has 3 aromatic rings. The molecule has 8 nitrogen and oxygen atoms in total. The number of hydrogen-bond acceptors (Lipinski definition) is 6. The van der Waals surface area contributed by atoms with E-state index in [1.807, 2.05) is 11.8 Å². The van der Waals surface area contributed by atoms with Gasteiger partial charge >= 0.3 is 6.18 Å². The Bertz CT molecular complexity index is 1190. The van der Waals surface area contributed by atoms with E-state index in [0.29, 0.717) is 30.9 Å². The molecule has 0 unspecified atom stereocenters. The van der Waals surface area contributed by atoms with Crippen LogP contribution in [-0.2, 0) is 11.0 Å². The fraction of sp³-hybridized carbons (Fsp3) is 0.360. The molecular weight excluding hydrogens is 475 g/mol. The van der Waals surface area contributed by atoms with Crippen molar-refractivity contribution in [3.05, 3.63) is 60.1 Å². The van der Waals surface area contributed by atoms with E-state index in [-0.39, 0.29) is 23.5 Å². The fourth-order valence-electron chi connectivity index (χ4n) is 3.97. The molecule has 1 aliphatic rings. The number of hydrogen-bond donors (Lipinski definition) is 2. The summed E-state index contributed by atoms with van der Waals surface area (Å²) in [5.41, 5.74) is -0.324. The first-order valence-electron chi connectivity index (χ1n) is 11.7. The van der Waals surface area contributed by atoms with Crippen molar-refractivity contribution >= 4 is 23.3 Å². The van der Waals surface area contributed by atoms with Crippen LogP contribution in [0.5, 0.6) is 0 Å². The summed E-state index contributed by atoms with van der Waals surface area (Å²) < 4.78 is 45.4. The number of oxazole rings is 1. The van der Waals surface area contributed by atoms with Crippen molar-refractivity contribution < 1.29 is 27.2 Å². The fourth-order valence-corrected chi connectivity index (χ4v) is 3.97. The molecule has 0 bridgehead atoms. The molecule has 1 aliphatic heterocycles. The molecule has 4 rings (SSSR count). The minimum atomic E-state index is -4.89. The van der Waals surface area contributed by atoms with Gasteiger partial charge in [-0.25, -0.2) is 9.97 Å². The van der Waals surface area contributed by atoms with Gasteiger partial charge in [0.05, 0.1) is 11.9 Å². The number of carbonyl (C=O) groups is 2. The molecule has 0 radical (unpaired) electrons. The smallest absolute Gasteiger partial charge is 0.431 e. The number of piperidine rings is 1. The summed E-state index contributed by atoms with van der Waals surface area (Å²) in [7, 11) is 0. The SMILES string of the molecule is CCCC(=O)N1CCC(Nc2ccc(NC(=O)c3nc(-c4ccccc4)oc3C(F)(F)F)cn2)CC1. The van der Waals surface area contributed by atoms with Crippen LogP contribution in [0.2, 0.25) is 0 Å². The van der Waals surface area contributed by atoms with Crippen LogP contribution >= 0.6 is 0 Å². The molecule has 1 aromatic carbocycles. The molecule has 1 saturated heterocycles. The highest BCUT2D eigenvalue weighted by Gasteiger charge is 2.42. The topological polar surface area (TPSA) is 100 Å². The Morgan fingerprint density at radius 2 is 1.83 bits per heavy atom. The molecule has 190 valence electrons. The van der Waals surface area contributed by atoms with Crippen LogP contribution in [0.15, 0.2) is 53.1 Å². The zero-order chi connectivity index (χ0) is 25.7. The molecule has 2 aromatic heterocycles. The van der Waals surface area contributed by atoms with Crippen molar-refractivity contribution in [3.8, 4) is 11.5 Å². The molecule has 2 N–H and O–H groups in total. The van der Waals surface area contributed by atoms with Crippen molar-refractivity contribution in [2.75, 3.05) is 23.7 Å². The summed E-state index contributed by atoms with van der Waals surface area (Å²) >= 11 is 0. The molecule has 0 saturated carbocycles. The lowest BCUT2D eigenvalue weighted by Gasteiger charge is -2.32. The van der Waals surface area contributed by atoms with Gasteiger partial charge in [0.2, 0.25) is 17.6 Å². The predicted octanol–water partition coefficient (Wildman–Crippen LogP) is 5.21. The van der Waals surface area contributed by atoms with Gasteiger partial charge in [-0.1, -0.05) is 25.1 Å². The van der Waals surface area contributed by atoms with Crippen molar-refractivity contribution in [1.82, 2.24) is 14.9 Å². The number of aromatic nitrogens is 2. The number of nitrogens with one attached hydrogen (secondary N) is 2. The average Bonchev–Trinajstić information content (AvgIpc) is 3.33. The van der Waals surface area contributed by atoms with Crippen molar-refractivity contribution in [3.63, 3.8) is 0 Å². The van der Waals surface area contributed by atoms with Gasteiger partial charge in [-0.05, 0) is 43.5 Å². The maximum Gasteiger partial charge on any atom is 0.452 e. The summed E-state index contributed by atoms with van der Waals surface area (Å²) in [4.78, 5) is 34.6. The Labute approximate surface area is 205 Å². The number of benzene rings is 1. The number of alkyl halides is 3. The standard InChI is InChI=1S/C25H26F3N5O3/c1-2-6-20(34)33-13-11-17(12-14-33)30-19-10-9-18(15-29-19)31-23(35)21-22(25(26,27)28)36-24(32-21)16-7-4-3-5-8-16/h3-5,7-10,15,17H,2,6,11-14H2,1H3,(H,29,30)(H,31,35). The lowest BCUT2D eigenvalue weighted by Crippen LogP contribution is -2.42. The molecule has 0 atom stereocenters. The maximum atomic E-state index is 13.5. The number of likely N-dealkylation sites (tertiary alicyclic amines) is 1. The summed E-state index contributed by atoms with van der Waals surface area (Å²) in [6, 6.07) is 11.3. The zero-order valence-electron chi connectivity index (χ0n) is 19.6. The van der Waals surface area contributed by atoms with Gasteiger partial charge < -0.3 is 20.0 Å². The molecule has 2 amide bonds. The van der Waals surface area contributed by atoms with Gasteiger partial charge in [0.25, 0.3) is 5.91 Å². The highest BCUT2D eigenvalue weighted by molar-refractivity contribution is 6.04. The van der Waals surface area contributed by atoms with Crippen LogP contribution in [0.4, 0.5) is 24.7 Å². The monoisotopic (exact) mass is 501 g/mol. The number of halogens is 3. The summed E-state index contributed by atoms with van der Waals surface area (Å²) in [5.74, 6) is -2.08. The number of pyridine rings is 1. The second kappa shape index (κ2) is 10.8. The molecule has 0 spiro atoms. The van der Waals surface area contributed by atoms with Crippen LogP contribution in [0, 0.1) is 0 Å². The normalized spacial score (nSPS) is 14.5. The largest absolute Gasteiger partial charge is 0.452 e. The minimum absolute atomic E-state index is 0.143. The van der Waals surface area contributed by atoms with Crippen LogP contribution < -0.4 is 10.6 Å². The van der Waals surface area contributed by atoms with E-state index in [0.717, 1.165) is 19.3 Å². The van der Waals surface area contributed by atoms with Crippen LogP contribution in [0.1, 0.15) is 48.9 Å². The van der Waals surface area contributed by atoms with Gasteiger partial charge in [0, 0.05) is 31.1 Å². The first-order valence-corrected chi connectivity index (χ1v) is 11.7. The quantitative estimate of drug-likeness (QED) is 0.461. The van der Waals surface area contributed by atoms with Crippen molar-refractivity contribution in [2.24, 2.45) is 0 Å². The van der Waals surface area contributed by atoms with E-state index in [1.54, 1.807) is 30.3 Å². The van der Waals surface area contributed by atoms with E-state index in [4.69, 9.17) is 4.42 Å². The summed E-state index contributed by atoms with van der Waals surface area (Å²) in [6.07, 6.45) is -0.593. The van der Waals surface area contributed by atoms with E-state index in [9.17, 15) is 22.8 Å². The molecule has 1 fully saturated rings. The molecule has 36 heavy (non-hydrogen) atoms. The van der Waals surface area contributed by atoms with Crippen LogP contribution in [-0.4, -0.2) is 45.8 Å². The predicted molar refractivity (Wildman–Crippen MR) is 127 cm³/mol. The lowest BCUT2D eigenvalue weighted by atomic mass is 10.0. The van der Waals surface area contributed by atoms with E-state index < -0.39 is 23.5 Å². The van der Waals surface area contributed by atoms with E-state index in [1.165, 1.54) is 18.3 Å². The Balaban J connectivity index is 1.39. The van der Waals surface area contributed by atoms with Crippen LogP contribution in [0.3, 0.4) is 0 Å². The Morgan fingerprint density at radius 3 is 2.44 bits per heavy atom. The zero-order valence-corrected chi connectivity index (χ0v) is 19.6. The number of nitrogens with zero attached hydrogens (tertiary/aromatic N) is 3. The third-order valence-electron chi connectivity index (χ3n) is 5.81. The van der Waals surface area contributed by atoms with Gasteiger partial charge in [-0.3, -0.25) is 9.59 Å². The minimum Gasteiger partial charge on any atom is -0.431 e. The molecule has 11 heteroatoms. The maximum absolute atomic E-state index is 13.5. The molecule has 3 heterocycles. The van der Waals surface area contributed by atoms with Gasteiger partial charge in [0.15, 0.2) is 5.69 Å². The lowest BCUT2D eigenvalue weighted by molar-refractivity contribution is -0.153. The Morgan fingerprint density at radius 1 is 1.11 bits per heavy atom. The number of amides is 2. The third kappa shape index (κ3) is 6.02. The number of carbonyl (C=O) groups excluding carboxylic acids is 2. The second-order valence-corrected chi connectivity index (χ2v) is 8.50. The first-order chi connectivity index (χ1) is 17.2. The van der Waals surface area contributed by atoms with E-state index in [2.05, 4.69) is 20.6 Å². The van der Waals surface area contributed by atoms with E-state index >= 15 is 0 Å². The van der Waals surface area contributed by atoms with Crippen molar-refractivity contribution in [1.29, 1.82) is 0 Å². The average molecular weight is 502 g/mol. The van der Waals surface area contributed by atoms with Gasteiger partial charge in [-0.15, -0.1) is 0 Å². The number of rotatable bonds is 7. The molecule has 0 aliphatic carbocycles. The van der Waals surface area contributed by atoms with Gasteiger partial charge in [-0.2, -0.15) is 13.2 Å². The Kier molecular flexibility index (Phi) is 7.56. The highest BCUT2D eigenvalue weighted by Crippen LogP contribution is 2.35.